The molecule has 1 saturated heterocycles. The average Bonchev–Trinajstić information content (AvgIpc) is 3.44. The number of aromatic amines is 2. The summed E-state index contributed by atoms with van der Waals surface area (Å²) in [5.41, 5.74) is 1.72. The third-order valence-corrected chi connectivity index (χ3v) is 6.75. The van der Waals surface area contributed by atoms with Gasteiger partial charge in [-0.2, -0.15) is 20.3 Å². The molecule has 0 radical (unpaired) electrons. The molecule has 0 amide bonds. The van der Waals surface area contributed by atoms with E-state index < -0.39 is 0 Å². The highest BCUT2D eigenvalue weighted by Crippen LogP contribution is 2.27. The van der Waals surface area contributed by atoms with Gasteiger partial charge in [-0.05, 0) is 31.7 Å². The van der Waals surface area contributed by atoms with Gasteiger partial charge in [-0.1, -0.05) is 23.7 Å². The number of ether oxygens (including phenoxy) is 1. The zero-order valence-electron chi connectivity index (χ0n) is 19.9. The number of piperazine rings is 1. The molecule has 36 heavy (non-hydrogen) atoms. The van der Waals surface area contributed by atoms with Crippen LogP contribution in [0.1, 0.15) is 21.7 Å². The van der Waals surface area contributed by atoms with Crippen LogP contribution in [0.3, 0.4) is 0 Å². The number of nitrogens with zero attached hydrogens (tertiary/aromatic N) is 6. The van der Waals surface area contributed by atoms with Crippen molar-refractivity contribution in [1.29, 1.82) is 5.26 Å². The van der Waals surface area contributed by atoms with Crippen LogP contribution in [0.25, 0.3) is 0 Å². The number of rotatable bonds is 7. The quantitative estimate of drug-likeness (QED) is 0.347. The second-order valence-electron chi connectivity index (χ2n) is 8.61. The van der Waals surface area contributed by atoms with E-state index in [9.17, 15) is 10.1 Å². The van der Waals surface area contributed by atoms with Gasteiger partial charge in [0.1, 0.15) is 29.0 Å². The molecule has 0 atom stereocenters. The molecule has 1 aliphatic rings. The maximum atomic E-state index is 11.7. The molecule has 3 aromatic heterocycles. The van der Waals surface area contributed by atoms with Gasteiger partial charge in [-0.25, -0.2) is 0 Å². The van der Waals surface area contributed by atoms with Gasteiger partial charge in [0.2, 0.25) is 0 Å². The largest absolute Gasteiger partial charge is 0.424 e. The van der Waals surface area contributed by atoms with Crippen LogP contribution < -0.4 is 20.5 Å². The molecule has 1 fully saturated rings. The van der Waals surface area contributed by atoms with E-state index >= 15 is 0 Å². The number of nitrogens with one attached hydrogen (secondary N) is 3. The first-order chi connectivity index (χ1) is 17.5. The standard InChI is InChI=1S/C24H25N9O2S/c1-15-11-21(30-29-15)26-20-13-22(33-9-7-32(2)8-10-33)28-24(27-20)35-17-5-3-16(4-6-17)12-19-18(14-25)23(34)31-36-19/h3-6,11,13H,7-10,12H2,1-2H3,(H,31,34)(H2,26,27,28,29,30). The van der Waals surface area contributed by atoms with Gasteiger partial charge >= 0.3 is 6.01 Å². The lowest BCUT2D eigenvalue weighted by Gasteiger charge is -2.33. The van der Waals surface area contributed by atoms with Crippen molar-refractivity contribution >= 4 is 29.0 Å². The molecule has 0 saturated carbocycles. The van der Waals surface area contributed by atoms with Gasteiger partial charge in [0.25, 0.3) is 5.56 Å². The summed E-state index contributed by atoms with van der Waals surface area (Å²) in [5.74, 6) is 2.61. The molecular weight excluding hydrogens is 478 g/mol. The number of H-pyrrole nitrogens is 2. The Morgan fingerprint density at radius 3 is 2.61 bits per heavy atom. The van der Waals surface area contributed by atoms with E-state index in [-0.39, 0.29) is 17.1 Å². The predicted molar refractivity (Wildman–Crippen MR) is 137 cm³/mol. The summed E-state index contributed by atoms with van der Waals surface area (Å²) in [7, 11) is 2.11. The van der Waals surface area contributed by atoms with E-state index in [0.717, 1.165) is 43.3 Å². The molecule has 0 aliphatic carbocycles. The molecule has 0 bridgehead atoms. The van der Waals surface area contributed by atoms with Crippen LogP contribution in [0.2, 0.25) is 0 Å². The molecule has 1 aromatic carbocycles. The van der Waals surface area contributed by atoms with Gasteiger partial charge in [0, 0.05) is 55.3 Å². The Kier molecular flexibility index (Phi) is 6.66. The van der Waals surface area contributed by atoms with Crippen LogP contribution in [0.4, 0.5) is 17.5 Å². The second kappa shape index (κ2) is 10.2. The fourth-order valence-corrected chi connectivity index (χ4v) is 4.67. The summed E-state index contributed by atoms with van der Waals surface area (Å²) in [4.78, 5) is 26.1. The van der Waals surface area contributed by atoms with Crippen LogP contribution in [-0.4, -0.2) is 62.7 Å². The third-order valence-electron chi connectivity index (χ3n) is 5.86. The summed E-state index contributed by atoms with van der Waals surface area (Å²) >= 11 is 1.19. The number of anilines is 3. The lowest BCUT2D eigenvalue weighted by atomic mass is 10.1. The van der Waals surface area contributed by atoms with E-state index in [1.54, 1.807) is 0 Å². The highest BCUT2D eigenvalue weighted by atomic mass is 32.1. The van der Waals surface area contributed by atoms with Crippen molar-refractivity contribution in [3.8, 4) is 17.8 Å². The molecule has 4 aromatic rings. The second-order valence-corrected chi connectivity index (χ2v) is 9.51. The predicted octanol–water partition coefficient (Wildman–Crippen LogP) is 3.01. The van der Waals surface area contributed by atoms with Crippen LogP contribution in [0.5, 0.6) is 11.8 Å². The summed E-state index contributed by atoms with van der Waals surface area (Å²) in [6.07, 6.45) is 0.485. The van der Waals surface area contributed by atoms with Crippen molar-refractivity contribution in [2.24, 2.45) is 0 Å². The number of hydrogen-bond donors (Lipinski definition) is 3. The van der Waals surface area contributed by atoms with E-state index in [2.05, 4.69) is 46.7 Å². The lowest BCUT2D eigenvalue weighted by molar-refractivity contribution is 0.311. The molecular formula is C24H25N9O2S. The minimum Gasteiger partial charge on any atom is -0.424 e. The van der Waals surface area contributed by atoms with Crippen LogP contribution in [-0.2, 0) is 6.42 Å². The smallest absolute Gasteiger partial charge is 0.325 e. The number of aryl methyl sites for hydroxylation is 1. The van der Waals surface area contributed by atoms with Crippen LogP contribution in [0, 0.1) is 18.3 Å². The van der Waals surface area contributed by atoms with Gasteiger partial charge in [-0.3, -0.25) is 14.3 Å². The lowest BCUT2D eigenvalue weighted by Crippen LogP contribution is -2.44. The third kappa shape index (κ3) is 5.37. The number of likely N-dealkylation sites (N-methyl/N-ethyl adjacent to an activating group) is 1. The molecule has 1 aliphatic heterocycles. The highest BCUT2D eigenvalue weighted by Gasteiger charge is 2.18. The van der Waals surface area contributed by atoms with Crippen molar-refractivity contribution in [3.63, 3.8) is 0 Å². The molecule has 184 valence electrons. The fourth-order valence-electron chi connectivity index (χ4n) is 3.87. The number of benzene rings is 1. The van der Waals surface area contributed by atoms with E-state index in [4.69, 9.17) is 4.74 Å². The fraction of sp³-hybridized carbons (Fsp3) is 0.292. The number of aromatic nitrogens is 5. The van der Waals surface area contributed by atoms with Crippen LogP contribution in [0.15, 0.2) is 41.2 Å². The molecule has 3 N–H and O–H groups in total. The Bertz CT molecular complexity index is 1440. The Balaban J connectivity index is 1.36. The Morgan fingerprint density at radius 2 is 1.92 bits per heavy atom. The van der Waals surface area contributed by atoms with E-state index in [1.165, 1.54) is 11.5 Å². The van der Waals surface area contributed by atoms with Crippen molar-refractivity contribution in [2.75, 3.05) is 43.4 Å². The summed E-state index contributed by atoms with van der Waals surface area (Å²) in [5, 5.41) is 19.6. The Morgan fingerprint density at radius 1 is 1.14 bits per heavy atom. The zero-order chi connectivity index (χ0) is 25.1. The normalized spacial score (nSPS) is 14.0. The Labute approximate surface area is 211 Å². The maximum absolute atomic E-state index is 11.7. The van der Waals surface area contributed by atoms with Crippen molar-refractivity contribution in [1.82, 2.24) is 29.4 Å². The monoisotopic (exact) mass is 503 g/mol. The molecule has 12 heteroatoms. The number of nitriles is 1. The summed E-state index contributed by atoms with van der Waals surface area (Å²) in [6.45, 7) is 5.55. The van der Waals surface area contributed by atoms with Crippen molar-refractivity contribution in [2.45, 2.75) is 13.3 Å². The minimum atomic E-state index is -0.343. The summed E-state index contributed by atoms with van der Waals surface area (Å²) < 4.78 is 8.65. The first-order valence-electron chi connectivity index (χ1n) is 11.5. The molecule has 4 heterocycles. The van der Waals surface area contributed by atoms with Crippen molar-refractivity contribution < 1.29 is 4.74 Å². The molecule has 0 spiro atoms. The Hall–Kier alpha value is -4.21. The van der Waals surface area contributed by atoms with Gasteiger partial charge in [-0.15, -0.1) is 0 Å². The van der Waals surface area contributed by atoms with Gasteiger partial charge in [0.15, 0.2) is 5.82 Å². The van der Waals surface area contributed by atoms with E-state index in [1.807, 2.05) is 49.4 Å². The van der Waals surface area contributed by atoms with E-state index in [0.29, 0.717) is 28.7 Å². The maximum Gasteiger partial charge on any atom is 0.325 e. The van der Waals surface area contributed by atoms with Crippen molar-refractivity contribution in [3.05, 3.63) is 68.4 Å². The first kappa shape index (κ1) is 23.5. The molecule has 5 rings (SSSR count). The average molecular weight is 504 g/mol. The summed E-state index contributed by atoms with van der Waals surface area (Å²) in [6, 6.07) is 13.5. The highest BCUT2D eigenvalue weighted by molar-refractivity contribution is 7.05. The molecule has 0 unspecified atom stereocenters. The van der Waals surface area contributed by atoms with Gasteiger partial charge in [0.05, 0.1) is 0 Å². The van der Waals surface area contributed by atoms with Gasteiger partial charge < -0.3 is 19.9 Å². The molecule has 11 nitrogen and oxygen atoms in total. The first-order valence-corrected chi connectivity index (χ1v) is 12.3. The minimum absolute atomic E-state index is 0.168. The SMILES string of the molecule is Cc1cc(Nc2cc(N3CCN(C)CC3)nc(Oc3ccc(Cc4s[nH]c(=O)c4C#N)cc3)n2)n[nH]1. The zero-order valence-corrected chi connectivity index (χ0v) is 20.7. The van der Waals surface area contributed by atoms with Crippen LogP contribution >= 0.6 is 11.5 Å². The number of hydrogen-bond acceptors (Lipinski definition) is 10. The topological polar surface area (TPSA) is 139 Å².